The maximum atomic E-state index is 5.75. The summed E-state index contributed by atoms with van der Waals surface area (Å²) in [5.74, 6) is 0.954. The van der Waals surface area contributed by atoms with Crippen molar-refractivity contribution in [1.29, 1.82) is 0 Å². The predicted molar refractivity (Wildman–Crippen MR) is 68.5 cm³/mol. The van der Waals surface area contributed by atoms with Gasteiger partial charge in [-0.1, -0.05) is 0 Å². The van der Waals surface area contributed by atoms with E-state index in [1.807, 2.05) is 13.2 Å². The van der Waals surface area contributed by atoms with E-state index < -0.39 is 0 Å². The lowest BCUT2D eigenvalue weighted by atomic mass is 10.2. The highest BCUT2D eigenvalue weighted by Crippen LogP contribution is 2.25. The third-order valence-electron chi connectivity index (χ3n) is 3.23. The molecular formula is C12H17N5O. The molecule has 0 radical (unpaired) electrons. The molecule has 1 aliphatic rings. The molecular weight excluding hydrogens is 230 g/mol. The van der Waals surface area contributed by atoms with Gasteiger partial charge >= 0.3 is 0 Å². The summed E-state index contributed by atoms with van der Waals surface area (Å²) in [6.45, 7) is 5.88. The molecule has 1 aliphatic heterocycles. The van der Waals surface area contributed by atoms with Crippen LogP contribution in [0.3, 0.4) is 0 Å². The van der Waals surface area contributed by atoms with Gasteiger partial charge in [-0.05, 0) is 13.8 Å². The van der Waals surface area contributed by atoms with Gasteiger partial charge in [0.05, 0.1) is 23.8 Å². The Kier molecular flexibility index (Phi) is 2.66. The summed E-state index contributed by atoms with van der Waals surface area (Å²) in [7, 11) is 1.89. The first-order valence-corrected chi connectivity index (χ1v) is 6.18. The van der Waals surface area contributed by atoms with Gasteiger partial charge in [-0.25, -0.2) is 9.97 Å². The van der Waals surface area contributed by atoms with Crippen LogP contribution in [0.15, 0.2) is 12.5 Å². The fraction of sp³-hybridized carbons (Fsp3) is 0.583. The molecule has 0 amide bonds. The summed E-state index contributed by atoms with van der Waals surface area (Å²) in [4.78, 5) is 10.9. The molecule has 0 bridgehead atoms. The summed E-state index contributed by atoms with van der Waals surface area (Å²) in [5, 5.41) is 5.25. The lowest BCUT2D eigenvalue weighted by molar-refractivity contribution is -0.00537. The van der Waals surface area contributed by atoms with Gasteiger partial charge in [0.15, 0.2) is 5.65 Å². The predicted octanol–water partition coefficient (Wildman–Crippen LogP) is 0.977. The van der Waals surface area contributed by atoms with E-state index in [4.69, 9.17) is 4.74 Å². The van der Waals surface area contributed by atoms with E-state index in [9.17, 15) is 0 Å². The third-order valence-corrected chi connectivity index (χ3v) is 3.23. The molecule has 6 nitrogen and oxygen atoms in total. The van der Waals surface area contributed by atoms with Gasteiger partial charge in [0.1, 0.15) is 12.1 Å². The molecule has 0 spiro atoms. The summed E-state index contributed by atoms with van der Waals surface area (Å²) in [6.07, 6.45) is 3.87. The minimum atomic E-state index is 0.218. The van der Waals surface area contributed by atoms with Crippen LogP contribution in [0.25, 0.3) is 11.0 Å². The number of anilines is 1. The van der Waals surface area contributed by atoms with Crippen LogP contribution >= 0.6 is 0 Å². The number of rotatable bonds is 1. The third kappa shape index (κ3) is 1.82. The zero-order valence-electron chi connectivity index (χ0n) is 10.9. The molecule has 0 N–H and O–H groups in total. The number of morpholine rings is 1. The number of hydrogen-bond acceptors (Lipinski definition) is 5. The minimum Gasteiger partial charge on any atom is -0.372 e. The maximum Gasteiger partial charge on any atom is 0.163 e. The molecule has 3 heterocycles. The molecule has 2 aromatic heterocycles. The lowest BCUT2D eigenvalue weighted by Gasteiger charge is -2.36. The van der Waals surface area contributed by atoms with Crippen molar-refractivity contribution >= 4 is 16.9 Å². The SMILES string of the molecule is C[C@@H]1CN(c2ncnc3c2cnn3C)C[C@@H](C)O1. The molecule has 96 valence electrons. The van der Waals surface area contributed by atoms with Gasteiger partial charge in [-0.2, -0.15) is 5.10 Å². The van der Waals surface area contributed by atoms with Crippen LogP contribution in [0.5, 0.6) is 0 Å². The summed E-state index contributed by atoms with van der Waals surface area (Å²) in [5.41, 5.74) is 0.867. The summed E-state index contributed by atoms with van der Waals surface area (Å²) >= 11 is 0. The van der Waals surface area contributed by atoms with Crippen molar-refractivity contribution in [2.24, 2.45) is 7.05 Å². The molecule has 2 atom stereocenters. The Balaban J connectivity index is 2.03. The Morgan fingerprint density at radius 2 is 1.94 bits per heavy atom. The van der Waals surface area contributed by atoms with Crippen molar-refractivity contribution in [2.45, 2.75) is 26.1 Å². The van der Waals surface area contributed by atoms with Crippen molar-refractivity contribution in [3.63, 3.8) is 0 Å². The normalized spacial score (nSPS) is 24.7. The van der Waals surface area contributed by atoms with Crippen molar-refractivity contribution in [2.75, 3.05) is 18.0 Å². The molecule has 2 aromatic rings. The second kappa shape index (κ2) is 4.20. The molecule has 1 fully saturated rings. The van der Waals surface area contributed by atoms with Crippen LogP contribution in [0, 0.1) is 0 Å². The van der Waals surface area contributed by atoms with Crippen molar-refractivity contribution in [3.8, 4) is 0 Å². The van der Waals surface area contributed by atoms with Crippen LogP contribution in [0.1, 0.15) is 13.8 Å². The highest BCUT2D eigenvalue weighted by molar-refractivity contribution is 5.86. The van der Waals surface area contributed by atoms with E-state index in [2.05, 4.69) is 33.8 Å². The first-order chi connectivity index (χ1) is 8.65. The molecule has 0 aromatic carbocycles. The zero-order valence-corrected chi connectivity index (χ0v) is 10.9. The highest BCUT2D eigenvalue weighted by Gasteiger charge is 2.25. The number of aryl methyl sites for hydroxylation is 1. The first kappa shape index (κ1) is 11.4. The first-order valence-electron chi connectivity index (χ1n) is 6.18. The standard InChI is InChI=1S/C12H17N5O/c1-8-5-17(6-9(2)18-8)12-10-4-15-16(3)11(10)13-7-14-12/h4,7-9H,5-6H2,1-3H3/t8-,9-/m1/s1. The van der Waals surface area contributed by atoms with E-state index in [0.717, 1.165) is 29.9 Å². The molecule has 6 heteroatoms. The van der Waals surface area contributed by atoms with Crippen LogP contribution in [0.4, 0.5) is 5.82 Å². The van der Waals surface area contributed by atoms with Gasteiger partial charge in [0, 0.05) is 20.1 Å². The van der Waals surface area contributed by atoms with Gasteiger partial charge < -0.3 is 9.64 Å². The molecule has 0 aliphatic carbocycles. The summed E-state index contributed by atoms with van der Waals surface area (Å²) in [6, 6.07) is 0. The van der Waals surface area contributed by atoms with E-state index >= 15 is 0 Å². The van der Waals surface area contributed by atoms with Crippen molar-refractivity contribution in [1.82, 2.24) is 19.7 Å². The molecule has 0 saturated carbocycles. The van der Waals surface area contributed by atoms with E-state index in [-0.39, 0.29) is 12.2 Å². The molecule has 3 rings (SSSR count). The van der Waals surface area contributed by atoms with Gasteiger partial charge in [0.25, 0.3) is 0 Å². The van der Waals surface area contributed by atoms with Crippen molar-refractivity contribution in [3.05, 3.63) is 12.5 Å². The zero-order chi connectivity index (χ0) is 12.7. The number of fused-ring (bicyclic) bond motifs is 1. The maximum absolute atomic E-state index is 5.75. The van der Waals surface area contributed by atoms with Gasteiger partial charge in [-0.3, -0.25) is 4.68 Å². The highest BCUT2D eigenvalue weighted by atomic mass is 16.5. The molecule has 18 heavy (non-hydrogen) atoms. The molecule has 1 saturated heterocycles. The Bertz CT molecular complexity index is 557. The van der Waals surface area contributed by atoms with E-state index in [0.29, 0.717) is 0 Å². The Labute approximate surface area is 106 Å². The second-order valence-electron chi connectivity index (χ2n) is 4.87. The number of ether oxygens (including phenoxy) is 1. The second-order valence-corrected chi connectivity index (χ2v) is 4.87. The minimum absolute atomic E-state index is 0.218. The quantitative estimate of drug-likeness (QED) is 0.751. The Morgan fingerprint density at radius 3 is 2.67 bits per heavy atom. The Hall–Kier alpha value is -1.69. The average molecular weight is 247 g/mol. The topological polar surface area (TPSA) is 56.1 Å². The monoisotopic (exact) mass is 247 g/mol. The molecule has 0 unspecified atom stereocenters. The number of aromatic nitrogens is 4. The van der Waals surface area contributed by atoms with Crippen LogP contribution < -0.4 is 4.90 Å². The van der Waals surface area contributed by atoms with E-state index in [1.54, 1.807) is 11.0 Å². The number of hydrogen-bond donors (Lipinski definition) is 0. The fourth-order valence-electron chi connectivity index (χ4n) is 2.55. The summed E-state index contributed by atoms with van der Waals surface area (Å²) < 4.78 is 7.52. The smallest absolute Gasteiger partial charge is 0.163 e. The lowest BCUT2D eigenvalue weighted by Crippen LogP contribution is -2.45. The van der Waals surface area contributed by atoms with Gasteiger partial charge in [-0.15, -0.1) is 0 Å². The van der Waals surface area contributed by atoms with Gasteiger partial charge in [0.2, 0.25) is 0 Å². The van der Waals surface area contributed by atoms with Crippen LogP contribution in [-0.2, 0) is 11.8 Å². The number of nitrogens with zero attached hydrogens (tertiary/aromatic N) is 5. The van der Waals surface area contributed by atoms with Crippen LogP contribution in [0.2, 0.25) is 0 Å². The van der Waals surface area contributed by atoms with Crippen molar-refractivity contribution < 1.29 is 4.74 Å². The largest absolute Gasteiger partial charge is 0.372 e. The average Bonchev–Trinajstić information content (AvgIpc) is 2.70. The van der Waals surface area contributed by atoms with E-state index in [1.165, 1.54) is 0 Å². The van der Waals surface area contributed by atoms with Crippen LogP contribution in [-0.4, -0.2) is 45.0 Å². The fourth-order valence-corrected chi connectivity index (χ4v) is 2.55. The Morgan fingerprint density at radius 1 is 1.22 bits per heavy atom.